The van der Waals surface area contributed by atoms with Crippen molar-refractivity contribution < 1.29 is 13.9 Å². The zero-order valence-electron chi connectivity index (χ0n) is 14.5. The average Bonchev–Trinajstić information content (AvgIpc) is 3.11. The van der Waals surface area contributed by atoms with Crippen LogP contribution in [0.25, 0.3) is 0 Å². The van der Waals surface area contributed by atoms with Crippen LogP contribution in [0.3, 0.4) is 0 Å². The highest BCUT2D eigenvalue weighted by molar-refractivity contribution is 5.92. The standard InChI is InChI=1S/C21H18FN3O2/c22-16-7-9-17(10-8-16)25(13-15-4-3-11-23-12-15)21(26)24-19-14-27-20-6-2-1-5-18(19)20/h1-12,19H,13-14H2,(H,24,26). The molecule has 0 saturated carbocycles. The number of fused-ring (bicyclic) bond motifs is 1. The van der Waals surface area contributed by atoms with E-state index in [0.717, 1.165) is 16.9 Å². The van der Waals surface area contributed by atoms with Crippen LogP contribution >= 0.6 is 0 Å². The van der Waals surface area contributed by atoms with Gasteiger partial charge in [0.05, 0.1) is 12.6 Å². The molecule has 3 aromatic rings. The summed E-state index contributed by atoms with van der Waals surface area (Å²) in [4.78, 5) is 18.7. The number of pyridine rings is 1. The van der Waals surface area contributed by atoms with E-state index >= 15 is 0 Å². The van der Waals surface area contributed by atoms with E-state index < -0.39 is 0 Å². The Kier molecular flexibility index (Phi) is 4.70. The SMILES string of the molecule is O=C(NC1COc2ccccc21)N(Cc1cccnc1)c1ccc(F)cc1. The summed E-state index contributed by atoms with van der Waals surface area (Å²) < 4.78 is 19.0. The van der Waals surface area contributed by atoms with Crippen LogP contribution in [0.1, 0.15) is 17.2 Å². The Bertz CT molecular complexity index is 932. The Morgan fingerprint density at radius 1 is 1.15 bits per heavy atom. The number of anilines is 1. The molecule has 1 atom stereocenters. The van der Waals surface area contributed by atoms with Crippen molar-refractivity contribution in [2.75, 3.05) is 11.5 Å². The van der Waals surface area contributed by atoms with Gasteiger partial charge in [-0.15, -0.1) is 0 Å². The number of amides is 2. The third-order valence-corrected chi connectivity index (χ3v) is 4.44. The number of hydrogen-bond acceptors (Lipinski definition) is 3. The normalized spacial score (nSPS) is 14.9. The van der Waals surface area contributed by atoms with Crippen molar-refractivity contribution in [1.29, 1.82) is 0 Å². The molecule has 0 fully saturated rings. The number of nitrogens with zero attached hydrogens (tertiary/aromatic N) is 2. The Balaban J connectivity index is 1.58. The van der Waals surface area contributed by atoms with Gasteiger partial charge in [-0.3, -0.25) is 9.88 Å². The Labute approximate surface area is 156 Å². The highest BCUT2D eigenvalue weighted by Gasteiger charge is 2.27. The summed E-state index contributed by atoms with van der Waals surface area (Å²) >= 11 is 0. The van der Waals surface area contributed by atoms with E-state index in [4.69, 9.17) is 4.74 Å². The molecule has 27 heavy (non-hydrogen) atoms. The number of nitrogens with one attached hydrogen (secondary N) is 1. The zero-order chi connectivity index (χ0) is 18.6. The molecule has 2 aromatic carbocycles. The lowest BCUT2D eigenvalue weighted by atomic mass is 10.1. The molecule has 1 N–H and O–H groups in total. The van der Waals surface area contributed by atoms with Crippen molar-refractivity contribution in [2.45, 2.75) is 12.6 Å². The monoisotopic (exact) mass is 363 g/mol. The minimum Gasteiger partial charge on any atom is -0.491 e. The molecule has 0 bridgehead atoms. The molecule has 1 aliphatic heterocycles. The highest BCUT2D eigenvalue weighted by atomic mass is 19.1. The van der Waals surface area contributed by atoms with Gasteiger partial charge >= 0.3 is 6.03 Å². The van der Waals surface area contributed by atoms with Crippen LogP contribution in [0.5, 0.6) is 5.75 Å². The summed E-state index contributed by atoms with van der Waals surface area (Å²) in [6, 6.07) is 16.7. The topological polar surface area (TPSA) is 54.5 Å². The first-order valence-electron chi connectivity index (χ1n) is 8.65. The number of urea groups is 1. The van der Waals surface area contributed by atoms with Gasteiger partial charge in [0, 0.05) is 23.6 Å². The Morgan fingerprint density at radius 2 is 1.96 bits per heavy atom. The zero-order valence-corrected chi connectivity index (χ0v) is 14.5. The van der Waals surface area contributed by atoms with Gasteiger partial charge in [0.2, 0.25) is 0 Å². The summed E-state index contributed by atoms with van der Waals surface area (Å²) in [5, 5.41) is 3.02. The van der Waals surface area contributed by atoms with Crippen molar-refractivity contribution in [2.24, 2.45) is 0 Å². The van der Waals surface area contributed by atoms with E-state index in [-0.39, 0.29) is 17.9 Å². The van der Waals surface area contributed by atoms with E-state index in [9.17, 15) is 9.18 Å². The van der Waals surface area contributed by atoms with E-state index in [1.165, 1.54) is 12.1 Å². The fourth-order valence-electron chi connectivity index (χ4n) is 3.08. The second-order valence-electron chi connectivity index (χ2n) is 6.27. The van der Waals surface area contributed by atoms with Crippen LogP contribution in [-0.4, -0.2) is 17.6 Å². The second-order valence-corrected chi connectivity index (χ2v) is 6.27. The smallest absolute Gasteiger partial charge is 0.322 e. The minimum absolute atomic E-state index is 0.231. The largest absolute Gasteiger partial charge is 0.491 e. The van der Waals surface area contributed by atoms with E-state index in [1.54, 1.807) is 29.4 Å². The van der Waals surface area contributed by atoms with Crippen LogP contribution < -0.4 is 15.0 Å². The van der Waals surface area contributed by atoms with Gasteiger partial charge in [-0.25, -0.2) is 9.18 Å². The first-order valence-corrected chi connectivity index (χ1v) is 8.65. The van der Waals surface area contributed by atoms with Crippen molar-refractivity contribution in [3.63, 3.8) is 0 Å². The van der Waals surface area contributed by atoms with Crippen molar-refractivity contribution in [3.05, 3.63) is 90.0 Å². The quantitative estimate of drug-likeness (QED) is 0.760. The third-order valence-electron chi connectivity index (χ3n) is 4.44. The van der Waals surface area contributed by atoms with Gasteiger partial charge in [0.25, 0.3) is 0 Å². The fraction of sp³-hybridized carbons (Fsp3) is 0.143. The molecular weight excluding hydrogens is 345 g/mol. The molecule has 2 heterocycles. The average molecular weight is 363 g/mol. The fourth-order valence-corrected chi connectivity index (χ4v) is 3.08. The number of rotatable bonds is 4. The third kappa shape index (κ3) is 3.74. The number of para-hydroxylation sites is 1. The van der Waals surface area contributed by atoms with Gasteiger partial charge < -0.3 is 10.1 Å². The van der Waals surface area contributed by atoms with Crippen LogP contribution in [0.2, 0.25) is 0 Å². The van der Waals surface area contributed by atoms with E-state index in [0.29, 0.717) is 18.8 Å². The molecule has 136 valence electrons. The Hall–Kier alpha value is -3.41. The number of carbonyl (C=O) groups is 1. The minimum atomic E-state index is -0.349. The van der Waals surface area contributed by atoms with Crippen molar-refractivity contribution in [1.82, 2.24) is 10.3 Å². The number of ether oxygens (including phenoxy) is 1. The molecule has 6 heteroatoms. The highest BCUT2D eigenvalue weighted by Crippen LogP contribution is 2.32. The molecule has 1 aliphatic rings. The van der Waals surface area contributed by atoms with Gasteiger partial charge in [0.1, 0.15) is 18.2 Å². The summed E-state index contributed by atoms with van der Waals surface area (Å²) in [6.45, 7) is 0.704. The number of carbonyl (C=O) groups excluding carboxylic acids is 1. The number of aromatic nitrogens is 1. The van der Waals surface area contributed by atoms with Crippen LogP contribution in [0.15, 0.2) is 73.1 Å². The molecule has 1 unspecified atom stereocenters. The predicted molar refractivity (Wildman–Crippen MR) is 100 cm³/mol. The van der Waals surface area contributed by atoms with Crippen LogP contribution in [0, 0.1) is 5.82 Å². The number of hydrogen-bond donors (Lipinski definition) is 1. The molecule has 1 aromatic heterocycles. The predicted octanol–water partition coefficient (Wildman–Crippen LogP) is 4.07. The summed E-state index contributed by atoms with van der Waals surface area (Å²) in [5.74, 6) is 0.432. The molecule has 0 saturated heterocycles. The molecule has 0 radical (unpaired) electrons. The van der Waals surface area contributed by atoms with E-state index in [2.05, 4.69) is 10.3 Å². The lowest BCUT2D eigenvalue weighted by molar-refractivity contribution is 0.237. The molecule has 2 amide bonds. The van der Waals surface area contributed by atoms with Crippen LogP contribution in [0.4, 0.5) is 14.9 Å². The second kappa shape index (κ2) is 7.45. The molecule has 5 nitrogen and oxygen atoms in total. The lowest BCUT2D eigenvalue weighted by Gasteiger charge is -2.25. The van der Waals surface area contributed by atoms with Gasteiger partial charge in [-0.2, -0.15) is 0 Å². The molecule has 4 rings (SSSR count). The van der Waals surface area contributed by atoms with Gasteiger partial charge in [-0.1, -0.05) is 24.3 Å². The number of benzene rings is 2. The number of halogens is 1. The maximum atomic E-state index is 13.3. The Morgan fingerprint density at radius 3 is 2.74 bits per heavy atom. The maximum absolute atomic E-state index is 13.3. The molecular formula is C21H18FN3O2. The summed E-state index contributed by atoms with van der Waals surface area (Å²) in [6.07, 6.45) is 3.39. The summed E-state index contributed by atoms with van der Waals surface area (Å²) in [7, 11) is 0. The summed E-state index contributed by atoms with van der Waals surface area (Å²) in [5.41, 5.74) is 2.43. The van der Waals surface area contributed by atoms with Crippen LogP contribution in [-0.2, 0) is 6.54 Å². The molecule has 0 aliphatic carbocycles. The van der Waals surface area contributed by atoms with Gasteiger partial charge in [-0.05, 0) is 42.0 Å². The molecule has 0 spiro atoms. The van der Waals surface area contributed by atoms with E-state index in [1.807, 2.05) is 36.4 Å². The maximum Gasteiger partial charge on any atom is 0.322 e. The first kappa shape index (κ1) is 17.0. The lowest BCUT2D eigenvalue weighted by Crippen LogP contribution is -2.42. The van der Waals surface area contributed by atoms with Crippen molar-refractivity contribution in [3.8, 4) is 5.75 Å². The van der Waals surface area contributed by atoms with Gasteiger partial charge in [0.15, 0.2) is 0 Å². The van der Waals surface area contributed by atoms with Crippen molar-refractivity contribution >= 4 is 11.7 Å². The first-order chi connectivity index (χ1) is 13.2.